The van der Waals surface area contributed by atoms with Crippen LogP contribution in [0, 0.1) is 5.92 Å². The first kappa shape index (κ1) is 18.2. The second-order valence-electron chi connectivity index (χ2n) is 3.76. The van der Waals surface area contributed by atoms with Crippen LogP contribution in [0.25, 0.3) is 0 Å². The molecule has 1 unspecified atom stereocenters. The summed E-state index contributed by atoms with van der Waals surface area (Å²) in [5, 5.41) is 9.94. The highest BCUT2D eigenvalue weighted by Gasteiger charge is 2.61. The van der Waals surface area contributed by atoms with Crippen LogP contribution in [-0.4, -0.2) is 38.6 Å². The van der Waals surface area contributed by atoms with Gasteiger partial charge in [-0.15, -0.1) is 11.3 Å². The number of halogens is 6. The van der Waals surface area contributed by atoms with Gasteiger partial charge in [-0.25, -0.2) is 0 Å². The molecular formula is C9H8F6O4S2. The van der Waals surface area contributed by atoms with Gasteiger partial charge in [0.05, 0.1) is 6.61 Å². The lowest BCUT2D eigenvalue weighted by Crippen LogP contribution is -2.48. The van der Waals surface area contributed by atoms with Crippen molar-refractivity contribution < 1.29 is 44.0 Å². The normalized spacial score (nSPS) is 15.4. The van der Waals surface area contributed by atoms with Crippen molar-refractivity contribution >= 4 is 21.5 Å². The average Bonchev–Trinajstić information content (AvgIpc) is 2.77. The first-order chi connectivity index (χ1) is 9.39. The Morgan fingerprint density at radius 2 is 1.71 bits per heavy atom. The van der Waals surface area contributed by atoms with E-state index in [0.29, 0.717) is 11.3 Å². The molecule has 0 amide bonds. The highest BCUT2D eigenvalue weighted by Crippen LogP contribution is 2.43. The van der Waals surface area contributed by atoms with Crippen molar-refractivity contribution in [2.45, 2.75) is 22.7 Å². The van der Waals surface area contributed by atoms with Crippen LogP contribution in [0.3, 0.4) is 0 Å². The Kier molecular flexibility index (Phi) is 5.29. The fourth-order valence-corrected chi connectivity index (χ4v) is 3.46. The van der Waals surface area contributed by atoms with E-state index in [1.165, 1.54) is 11.4 Å². The Morgan fingerprint density at radius 1 is 1.19 bits per heavy atom. The SMILES string of the molecule is O=S(=O)(OC(CO)C(C(F)(F)F)C(F)(F)F)c1cccs1. The highest BCUT2D eigenvalue weighted by molar-refractivity contribution is 7.89. The van der Waals surface area contributed by atoms with E-state index < -0.39 is 45.3 Å². The zero-order valence-corrected chi connectivity index (χ0v) is 11.5. The van der Waals surface area contributed by atoms with Crippen LogP contribution in [0.2, 0.25) is 0 Å². The molecule has 12 heteroatoms. The molecule has 0 spiro atoms. The molecule has 1 N–H and O–H groups in total. The van der Waals surface area contributed by atoms with E-state index in [9.17, 15) is 34.8 Å². The summed E-state index contributed by atoms with van der Waals surface area (Å²) in [6.07, 6.45) is -14.7. The zero-order valence-electron chi connectivity index (χ0n) is 9.85. The Labute approximate surface area is 119 Å². The van der Waals surface area contributed by atoms with Gasteiger partial charge in [-0.1, -0.05) is 6.07 Å². The van der Waals surface area contributed by atoms with Gasteiger partial charge in [0.25, 0.3) is 0 Å². The second kappa shape index (κ2) is 6.10. The van der Waals surface area contributed by atoms with Crippen molar-refractivity contribution in [3.63, 3.8) is 0 Å². The quantitative estimate of drug-likeness (QED) is 0.649. The minimum atomic E-state index is -5.82. The number of hydrogen-bond donors (Lipinski definition) is 1. The van der Waals surface area contributed by atoms with Gasteiger partial charge in [0.15, 0.2) is 5.92 Å². The first-order valence-electron chi connectivity index (χ1n) is 5.10. The van der Waals surface area contributed by atoms with Crippen LogP contribution in [-0.2, 0) is 14.3 Å². The van der Waals surface area contributed by atoms with E-state index in [0.717, 1.165) is 6.07 Å². The van der Waals surface area contributed by atoms with E-state index >= 15 is 0 Å². The van der Waals surface area contributed by atoms with Crippen LogP contribution in [0.1, 0.15) is 0 Å². The van der Waals surface area contributed by atoms with Crippen LogP contribution < -0.4 is 0 Å². The van der Waals surface area contributed by atoms with Gasteiger partial charge in [0.1, 0.15) is 10.3 Å². The minimum Gasteiger partial charge on any atom is -0.394 e. The molecule has 0 radical (unpaired) electrons. The van der Waals surface area contributed by atoms with Gasteiger partial charge >= 0.3 is 22.5 Å². The molecule has 0 saturated heterocycles. The number of aliphatic hydroxyl groups is 1. The molecule has 0 saturated carbocycles. The van der Waals surface area contributed by atoms with Gasteiger partial charge in [-0.3, -0.25) is 4.18 Å². The van der Waals surface area contributed by atoms with Gasteiger partial charge in [-0.2, -0.15) is 34.8 Å². The fraction of sp³-hybridized carbons (Fsp3) is 0.556. The number of rotatable bonds is 5. The van der Waals surface area contributed by atoms with Crippen molar-refractivity contribution in [3.8, 4) is 0 Å². The molecule has 21 heavy (non-hydrogen) atoms. The van der Waals surface area contributed by atoms with Gasteiger partial charge < -0.3 is 5.11 Å². The predicted octanol–water partition coefficient (Wildman–Crippen LogP) is 2.56. The molecule has 1 rings (SSSR count). The minimum absolute atomic E-state index is 0.552. The third kappa shape index (κ3) is 4.56. The van der Waals surface area contributed by atoms with Gasteiger partial charge in [-0.05, 0) is 11.4 Å². The molecule has 1 heterocycles. The Balaban J connectivity index is 3.12. The summed E-state index contributed by atoms with van der Waals surface area (Å²) in [6.45, 7) is -1.77. The van der Waals surface area contributed by atoms with E-state index in [-0.39, 0.29) is 0 Å². The smallest absolute Gasteiger partial charge is 0.394 e. The number of hydrogen-bond acceptors (Lipinski definition) is 5. The summed E-state index contributed by atoms with van der Waals surface area (Å²) < 4.78 is 101. The predicted molar refractivity (Wildman–Crippen MR) is 59.1 cm³/mol. The van der Waals surface area contributed by atoms with Crippen molar-refractivity contribution in [1.82, 2.24) is 0 Å². The third-order valence-electron chi connectivity index (χ3n) is 2.25. The van der Waals surface area contributed by atoms with E-state index in [4.69, 9.17) is 5.11 Å². The maximum Gasteiger partial charge on any atom is 0.403 e. The molecule has 0 aliphatic rings. The molecule has 4 nitrogen and oxygen atoms in total. The van der Waals surface area contributed by atoms with Crippen LogP contribution in [0.4, 0.5) is 26.3 Å². The summed E-state index contributed by atoms with van der Waals surface area (Å²) in [5.41, 5.74) is 0. The third-order valence-corrected chi connectivity index (χ3v) is 4.94. The monoisotopic (exact) mass is 358 g/mol. The molecule has 1 aromatic rings. The van der Waals surface area contributed by atoms with Gasteiger partial charge in [0.2, 0.25) is 0 Å². The maximum absolute atomic E-state index is 12.5. The highest BCUT2D eigenvalue weighted by atomic mass is 32.3. The summed E-state index contributed by atoms with van der Waals surface area (Å²) in [5.74, 6) is -4.12. The molecule has 0 aliphatic carbocycles. The standard InChI is InChI=1S/C9H8F6O4S2/c10-8(11,12)7(9(13,14)15)5(4-16)19-21(17,18)6-2-1-3-20-6/h1-3,5,7,16H,4H2. The Morgan fingerprint density at radius 3 is 2.05 bits per heavy atom. The summed E-state index contributed by atoms with van der Waals surface area (Å²) >= 11 is 0.552. The lowest BCUT2D eigenvalue weighted by Gasteiger charge is -2.28. The molecule has 122 valence electrons. The Hall–Kier alpha value is -0.850. The van der Waals surface area contributed by atoms with Crippen molar-refractivity contribution in [1.29, 1.82) is 0 Å². The number of thiophene rings is 1. The molecule has 0 bridgehead atoms. The molecule has 0 fully saturated rings. The Bertz CT molecular complexity index is 534. The fourth-order valence-electron chi connectivity index (χ4n) is 1.41. The largest absolute Gasteiger partial charge is 0.403 e. The van der Waals surface area contributed by atoms with E-state index in [1.807, 2.05) is 0 Å². The molecule has 1 atom stereocenters. The van der Waals surface area contributed by atoms with Crippen LogP contribution in [0.15, 0.2) is 21.7 Å². The second-order valence-corrected chi connectivity index (χ2v) is 6.51. The van der Waals surface area contributed by atoms with Gasteiger partial charge in [0, 0.05) is 0 Å². The summed E-state index contributed by atoms with van der Waals surface area (Å²) in [4.78, 5) is 0. The van der Waals surface area contributed by atoms with Crippen LogP contribution >= 0.6 is 11.3 Å². The lowest BCUT2D eigenvalue weighted by atomic mass is 10.0. The average molecular weight is 358 g/mol. The summed E-state index contributed by atoms with van der Waals surface area (Å²) in [7, 11) is -4.84. The lowest BCUT2D eigenvalue weighted by molar-refractivity contribution is -0.305. The topological polar surface area (TPSA) is 63.6 Å². The molecule has 0 aliphatic heterocycles. The number of aliphatic hydroxyl groups excluding tert-OH is 1. The zero-order chi connectivity index (χ0) is 16.5. The number of alkyl halides is 6. The van der Waals surface area contributed by atoms with Crippen molar-refractivity contribution in [2.75, 3.05) is 6.61 Å². The van der Waals surface area contributed by atoms with E-state index in [2.05, 4.69) is 4.18 Å². The molecular weight excluding hydrogens is 350 g/mol. The van der Waals surface area contributed by atoms with Crippen molar-refractivity contribution in [2.24, 2.45) is 5.92 Å². The molecule has 1 aromatic heterocycles. The van der Waals surface area contributed by atoms with E-state index in [1.54, 1.807) is 0 Å². The maximum atomic E-state index is 12.5. The summed E-state index contributed by atoms with van der Waals surface area (Å²) in [6, 6.07) is 2.17. The van der Waals surface area contributed by atoms with Crippen molar-refractivity contribution in [3.05, 3.63) is 17.5 Å². The first-order valence-corrected chi connectivity index (χ1v) is 7.39. The van der Waals surface area contributed by atoms with Crippen LogP contribution in [0.5, 0.6) is 0 Å². The molecule has 0 aromatic carbocycles.